The van der Waals surface area contributed by atoms with Gasteiger partial charge in [-0.05, 0) is 78.0 Å². The third kappa shape index (κ3) is 10.0. The van der Waals surface area contributed by atoms with Crippen LogP contribution in [0.15, 0.2) is 77.9 Å². The Morgan fingerprint density at radius 3 is 2.12 bits per heavy atom. The van der Waals surface area contributed by atoms with Gasteiger partial charge in [0.2, 0.25) is 0 Å². The minimum Gasteiger partial charge on any atom is -0.512 e. The predicted molar refractivity (Wildman–Crippen MR) is 213 cm³/mol. The Morgan fingerprint density at radius 1 is 0.920 bits per heavy atom. The average molecular weight is 867 g/mol. The zero-order valence-corrected chi connectivity index (χ0v) is 35.0. The van der Waals surface area contributed by atoms with E-state index in [1.165, 1.54) is 44.7 Å². The number of aliphatic hydroxyl groups is 1. The van der Waals surface area contributed by atoms with Crippen LogP contribution in [-0.4, -0.2) is 15.9 Å². The van der Waals surface area contributed by atoms with Crippen molar-refractivity contribution in [2.75, 3.05) is 0 Å². The number of aliphatic hydroxyl groups excluding tert-OH is 1. The molecular formula is C45H56IrNO2S-. The van der Waals surface area contributed by atoms with Gasteiger partial charge in [-0.25, -0.2) is 0 Å². The molecule has 3 nitrogen and oxygen atoms in total. The fraction of sp³-hybridized carbons (Fsp3) is 0.422. The van der Waals surface area contributed by atoms with Gasteiger partial charge < -0.3 is 5.11 Å². The molecule has 50 heavy (non-hydrogen) atoms. The molecule has 0 aliphatic carbocycles. The third-order valence-corrected chi connectivity index (χ3v) is 10.6. The Hall–Kier alpha value is -3.11. The first kappa shape index (κ1) is 41.3. The van der Waals surface area contributed by atoms with Gasteiger partial charge in [0.15, 0.2) is 5.78 Å². The second-order valence-electron chi connectivity index (χ2n) is 14.8. The van der Waals surface area contributed by atoms with E-state index >= 15 is 0 Å². The van der Waals surface area contributed by atoms with Gasteiger partial charge >= 0.3 is 0 Å². The first-order valence-electron chi connectivity index (χ1n) is 18.2. The normalized spacial score (nSPS) is 12.1. The molecule has 0 saturated carbocycles. The number of thiophene rings is 1. The zero-order valence-electron chi connectivity index (χ0n) is 31.7. The molecule has 269 valence electrons. The number of ketones is 1. The number of aromatic nitrogens is 1. The summed E-state index contributed by atoms with van der Waals surface area (Å²) in [6.45, 7) is 21.6. The number of pyridine rings is 1. The number of rotatable bonds is 11. The summed E-state index contributed by atoms with van der Waals surface area (Å²) in [6, 6.07) is 25.9. The first-order chi connectivity index (χ1) is 23.3. The van der Waals surface area contributed by atoms with Crippen molar-refractivity contribution in [3.05, 3.63) is 101 Å². The second-order valence-corrected chi connectivity index (χ2v) is 15.7. The molecule has 3 aromatic carbocycles. The smallest absolute Gasteiger partial charge is 0.162 e. The van der Waals surface area contributed by atoms with Crippen LogP contribution in [0, 0.1) is 30.7 Å². The SMILES string of the molecule is CCC(CC)C(=O)/C=C(\O)C(CC)CC.Cc1csc2nc(-c3[c-]c4ccccc4c(C(C)(C)C)c3)cc(-c3ccc(CC(C)C)cc3)c12.[Ir]. The molecule has 0 bridgehead atoms. The summed E-state index contributed by atoms with van der Waals surface area (Å²) in [4.78, 5) is 17.9. The quantitative estimate of drug-likeness (QED) is 0.0817. The van der Waals surface area contributed by atoms with Crippen molar-refractivity contribution in [1.29, 1.82) is 0 Å². The van der Waals surface area contributed by atoms with Gasteiger partial charge in [0.1, 0.15) is 4.83 Å². The van der Waals surface area contributed by atoms with E-state index in [-0.39, 0.29) is 48.9 Å². The molecule has 0 aliphatic heterocycles. The Morgan fingerprint density at radius 2 is 1.54 bits per heavy atom. The molecule has 0 amide bonds. The number of fused-ring (bicyclic) bond motifs is 2. The molecule has 1 N–H and O–H groups in total. The molecule has 0 unspecified atom stereocenters. The number of hydrogen-bond acceptors (Lipinski definition) is 4. The monoisotopic (exact) mass is 867 g/mol. The van der Waals surface area contributed by atoms with E-state index in [0.29, 0.717) is 5.92 Å². The van der Waals surface area contributed by atoms with Crippen molar-refractivity contribution in [3.8, 4) is 22.4 Å². The van der Waals surface area contributed by atoms with Crippen LogP contribution >= 0.6 is 11.3 Å². The van der Waals surface area contributed by atoms with Gasteiger partial charge in [0.05, 0.1) is 5.76 Å². The molecule has 5 heteroatoms. The van der Waals surface area contributed by atoms with Crippen molar-refractivity contribution in [2.24, 2.45) is 17.8 Å². The molecular weight excluding hydrogens is 811 g/mol. The van der Waals surface area contributed by atoms with E-state index in [2.05, 4.69) is 114 Å². The summed E-state index contributed by atoms with van der Waals surface area (Å²) < 4.78 is 0. The van der Waals surface area contributed by atoms with Crippen LogP contribution in [0.1, 0.15) is 105 Å². The summed E-state index contributed by atoms with van der Waals surface area (Å²) in [6.07, 6.45) is 6.01. The van der Waals surface area contributed by atoms with E-state index in [1.54, 1.807) is 11.3 Å². The van der Waals surface area contributed by atoms with Crippen LogP contribution in [0.2, 0.25) is 0 Å². The maximum Gasteiger partial charge on any atom is 0.162 e. The maximum atomic E-state index is 11.7. The third-order valence-electron chi connectivity index (χ3n) is 9.58. The van der Waals surface area contributed by atoms with E-state index < -0.39 is 0 Å². The van der Waals surface area contributed by atoms with Crippen LogP contribution in [0.4, 0.5) is 0 Å². The van der Waals surface area contributed by atoms with Crippen molar-refractivity contribution in [1.82, 2.24) is 4.98 Å². The second kappa shape index (κ2) is 18.4. The van der Waals surface area contributed by atoms with E-state index in [0.717, 1.165) is 53.6 Å². The molecule has 5 rings (SSSR count). The Labute approximate surface area is 319 Å². The van der Waals surface area contributed by atoms with Gasteiger partial charge in [0, 0.05) is 49.1 Å². The van der Waals surface area contributed by atoms with Crippen molar-refractivity contribution >= 4 is 38.1 Å². The first-order valence-corrected chi connectivity index (χ1v) is 19.1. The predicted octanol–water partition coefficient (Wildman–Crippen LogP) is 13.3. The number of carbonyl (C=O) groups is 1. The van der Waals surface area contributed by atoms with E-state index in [9.17, 15) is 9.90 Å². The van der Waals surface area contributed by atoms with Crippen LogP contribution in [-0.2, 0) is 36.7 Å². The molecule has 0 spiro atoms. The number of aryl methyl sites for hydroxylation is 1. The van der Waals surface area contributed by atoms with Gasteiger partial charge in [0.25, 0.3) is 0 Å². The minimum absolute atomic E-state index is 0. The number of carbonyl (C=O) groups excluding carboxylic acids is 1. The zero-order chi connectivity index (χ0) is 35.9. The van der Waals surface area contributed by atoms with Gasteiger partial charge in [-0.15, -0.1) is 40.5 Å². The standard InChI is InChI=1S/C32H32NS.C13H24O2.Ir/c1-20(2)15-22-11-13-23(14-12-22)27-18-29(33-31-30(27)21(3)19-34-31)25-16-24-9-7-8-10-26(24)28(17-25)32(4,5)6;1-5-10(6-2)12(14)9-13(15)11(7-3)8-4;/h7-14,17-20H,15H2,1-6H3;9-11,14H,5-8H2,1-4H3;/q-1;;/b;12-9-;. The molecule has 2 aromatic heterocycles. The van der Waals surface area contributed by atoms with Crippen LogP contribution in [0.5, 0.6) is 0 Å². The fourth-order valence-corrected chi connectivity index (χ4v) is 7.56. The summed E-state index contributed by atoms with van der Waals surface area (Å²) in [5, 5.41) is 15.7. The molecule has 0 atom stereocenters. The van der Waals surface area contributed by atoms with E-state index in [1.807, 2.05) is 27.7 Å². The molecule has 0 saturated heterocycles. The molecule has 5 aromatic rings. The topological polar surface area (TPSA) is 50.2 Å². The van der Waals surface area contributed by atoms with Crippen molar-refractivity contribution in [3.63, 3.8) is 0 Å². The Balaban J connectivity index is 0.000000361. The number of allylic oxidation sites excluding steroid dienone is 2. The number of benzene rings is 3. The van der Waals surface area contributed by atoms with Crippen molar-refractivity contribution < 1.29 is 30.0 Å². The van der Waals surface area contributed by atoms with Crippen LogP contribution < -0.4 is 0 Å². The largest absolute Gasteiger partial charge is 0.512 e. The Kier molecular flexibility index (Phi) is 15.2. The van der Waals surface area contributed by atoms with Gasteiger partial charge in [-0.2, -0.15) is 0 Å². The summed E-state index contributed by atoms with van der Waals surface area (Å²) in [7, 11) is 0. The van der Waals surface area contributed by atoms with Crippen LogP contribution in [0.3, 0.4) is 0 Å². The van der Waals surface area contributed by atoms with Crippen molar-refractivity contribution in [2.45, 2.75) is 107 Å². The summed E-state index contributed by atoms with van der Waals surface area (Å²) in [5.74, 6) is 1.20. The van der Waals surface area contributed by atoms with Gasteiger partial charge in [-0.1, -0.05) is 122 Å². The fourth-order valence-electron chi connectivity index (χ4n) is 6.62. The van der Waals surface area contributed by atoms with E-state index in [4.69, 9.17) is 4.98 Å². The molecule has 0 fully saturated rings. The van der Waals surface area contributed by atoms with Crippen LogP contribution in [0.25, 0.3) is 43.4 Å². The Bertz CT molecular complexity index is 1890. The minimum atomic E-state index is 0. The molecule has 0 aliphatic rings. The average Bonchev–Trinajstić information content (AvgIpc) is 3.45. The molecule has 2 heterocycles. The summed E-state index contributed by atoms with van der Waals surface area (Å²) >= 11 is 1.73. The number of hydrogen-bond donors (Lipinski definition) is 1. The number of nitrogens with zero attached hydrogens (tertiary/aromatic N) is 1. The molecule has 1 radical (unpaired) electrons. The summed E-state index contributed by atoms with van der Waals surface area (Å²) in [5.41, 5.74) is 8.61. The maximum absolute atomic E-state index is 11.7. The van der Waals surface area contributed by atoms with Gasteiger partial charge in [-0.3, -0.25) is 9.78 Å².